The Morgan fingerprint density at radius 1 is 1.33 bits per heavy atom. The van der Waals surface area contributed by atoms with E-state index in [1.54, 1.807) is 6.08 Å². The van der Waals surface area contributed by atoms with Gasteiger partial charge in [-0.25, -0.2) is 4.39 Å². The predicted molar refractivity (Wildman–Crippen MR) is 116 cm³/mol. The molecule has 0 spiro atoms. The van der Waals surface area contributed by atoms with Crippen molar-refractivity contribution in [1.82, 2.24) is 9.88 Å². The maximum absolute atomic E-state index is 15.4. The van der Waals surface area contributed by atoms with Gasteiger partial charge in [0.25, 0.3) is 5.91 Å². The minimum Gasteiger partial charge on any atom is -0.375 e. The number of likely N-dealkylation sites (tertiary alicyclic amines) is 1. The molecule has 3 aromatic rings. The van der Waals surface area contributed by atoms with Crippen LogP contribution in [0.5, 0.6) is 0 Å². The van der Waals surface area contributed by atoms with Crippen molar-refractivity contribution in [2.45, 2.75) is 25.1 Å². The topological polar surface area (TPSA) is 85.6 Å². The fourth-order valence-corrected chi connectivity index (χ4v) is 5.37. The number of nitrogens with two attached hydrogens (primary N) is 1. The smallest absolute Gasteiger partial charge is 0.250 e. The van der Waals surface area contributed by atoms with E-state index in [9.17, 15) is 9.90 Å². The van der Waals surface area contributed by atoms with E-state index < -0.39 is 18.0 Å². The van der Waals surface area contributed by atoms with Gasteiger partial charge in [0.2, 0.25) is 0 Å². The Morgan fingerprint density at radius 2 is 2.13 bits per heavy atom. The number of para-hydroxylation sites is 1. The van der Waals surface area contributed by atoms with Crippen LogP contribution in [0.1, 0.15) is 23.2 Å². The number of aliphatic hydroxyl groups is 1. The van der Waals surface area contributed by atoms with Crippen LogP contribution in [0.15, 0.2) is 43.0 Å². The molecule has 1 amide bonds. The summed E-state index contributed by atoms with van der Waals surface area (Å²) in [7, 11) is 0. The van der Waals surface area contributed by atoms with E-state index in [2.05, 4.69) is 21.4 Å². The third-order valence-corrected chi connectivity index (χ3v) is 6.72. The zero-order valence-corrected chi connectivity index (χ0v) is 16.6. The van der Waals surface area contributed by atoms with Crippen molar-refractivity contribution in [3.63, 3.8) is 0 Å². The Kier molecular flexibility index (Phi) is 4.52. The van der Waals surface area contributed by atoms with Crippen LogP contribution in [-0.4, -0.2) is 52.8 Å². The molecule has 1 aromatic heterocycles. The molecule has 3 heterocycles. The first kappa shape index (κ1) is 19.1. The minimum atomic E-state index is -0.652. The number of primary amides is 1. The van der Waals surface area contributed by atoms with Crippen molar-refractivity contribution >= 4 is 33.4 Å². The molecule has 6 nitrogen and oxygen atoms in total. The highest BCUT2D eigenvalue weighted by Gasteiger charge is 2.41. The van der Waals surface area contributed by atoms with E-state index in [0.29, 0.717) is 35.6 Å². The lowest BCUT2D eigenvalue weighted by atomic mass is 9.91. The number of carbonyl (C=O) groups is 1. The zero-order chi connectivity index (χ0) is 21.0. The number of amides is 1. The maximum atomic E-state index is 15.4. The number of fused-ring (bicyclic) bond motifs is 4. The van der Waals surface area contributed by atoms with Crippen molar-refractivity contribution in [1.29, 1.82) is 0 Å². The van der Waals surface area contributed by atoms with Gasteiger partial charge in [-0.15, -0.1) is 0 Å². The van der Waals surface area contributed by atoms with Crippen LogP contribution in [0.4, 0.5) is 10.1 Å². The van der Waals surface area contributed by atoms with Gasteiger partial charge in [0.1, 0.15) is 12.0 Å². The number of nitrogens with zero attached hydrogens (tertiary/aromatic N) is 2. The van der Waals surface area contributed by atoms with Crippen LogP contribution in [0.25, 0.3) is 21.8 Å². The second-order valence-corrected chi connectivity index (χ2v) is 8.28. The molecule has 3 unspecified atom stereocenters. The number of halogens is 1. The van der Waals surface area contributed by atoms with Crippen molar-refractivity contribution in [2.75, 3.05) is 24.5 Å². The number of aliphatic hydroxyl groups excluding tert-OH is 1. The zero-order valence-electron chi connectivity index (χ0n) is 16.6. The number of anilines is 1. The fraction of sp³-hybridized carbons (Fsp3) is 0.348. The van der Waals surface area contributed by atoms with Crippen LogP contribution in [0.2, 0.25) is 0 Å². The van der Waals surface area contributed by atoms with Gasteiger partial charge in [-0.1, -0.05) is 24.8 Å². The van der Waals surface area contributed by atoms with Crippen molar-refractivity contribution < 1.29 is 14.3 Å². The summed E-state index contributed by atoms with van der Waals surface area (Å²) in [6, 6.07) is 9.18. The lowest BCUT2D eigenvalue weighted by Crippen LogP contribution is -2.48. The molecule has 2 fully saturated rings. The third-order valence-electron chi connectivity index (χ3n) is 6.72. The van der Waals surface area contributed by atoms with Crippen molar-refractivity contribution in [3.05, 3.63) is 54.4 Å². The minimum absolute atomic E-state index is 0.165. The van der Waals surface area contributed by atoms with Gasteiger partial charge in [0.05, 0.1) is 16.8 Å². The Morgan fingerprint density at radius 3 is 2.90 bits per heavy atom. The Balaban J connectivity index is 1.60. The van der Waals surface area contributed by atoms with E-state index >= 15 is 4.39 Å². The average molecular weight is 408 g/mol. The number of aromatic nitrogens is 1. The number of hydrogen-bond donors (Lipinski definition) is 3. The quantitative estimate of drug-likeness (QED) is 0.580. The van der Waals surface area contributed by atoms with Crippen LogP contribution >= 0.6 is 0 Å². The monoisotopic (exact) mass is 408 g/mol. The second kappa shape index (κ2) is 7.11. The van der Waals surface area contributed by atoms with Gasteiger partial charge in [-0.3, -0.25) is 9.69 Å². The number of H-pyrrole nitrogens is 1. The van der Waals surface area contributed by atoms with Crippen LogP contribution in [-0.2, 0) is 0 Å². The van der Waals surface area contributed by atoms with Crippen LogP contribution in [0.3, 0.4) is 0 Å². The molecule has 0 saturated carbocycles. The van der Waals surface area contributed by atoms with Crippen LogP contribution < -0.4 is 10.6 Å². The summed E-state index contributed by atoms with van der Waals surface area (Å²) in [5.74, 6) is -0.745. The third kappa shape index (κ3) is 2.80. The number of hydrogen-bond acceptors (Lipinski definition) is 4. The summed E-state index contributed by atoms with van der Waals surface area (Å²) in [6.45, 7) is 5.88. The number of nitrogens with one attached hydrogen (secondary N) is 1. The maximum Gasteiger partial charge on any atom is 0.250 e. The molecular weight excluding hydrogens is 383 g/mol. The highest BCUT2D eigenvalue weighted by atomic mass is 19.1. The second-order valence-electron chi connectivity index (χ2n) is 8.28. The molecule has 30 heavy (non-hydrogen) atoms. The normalized spacial score (nSPS) is 23.1. The average Bonchev–Trinajstić information content (AvgIpc) is 3.34. The molecule has 2 aromatic carbocycles. The molecule has 0 bridgehead atoms. The van der Waals surface area contributed by atoms with Gasteiger partial charge in [-0.05, 0) is 37.0 Å². The molecule has 156 valence electrons. The SMILES string of the molecule is C=CC(O)N1CCC2CN(c3c(F)cc(C(N)=O)c4[nH]c5ccccc5c34)CCC21. The van der Waals surface area contributed by atoms with Gasteiger partial charge >= 0.3 is 0 Å². The van der Waals surface area contributed by atoms with Gasteiger partial charge in [0.15, 0.2) is 0 Å². The highest BCUT2D eigenvalue weighted by Crippen LogP contribution is 2.41. The summed E-state index contributed by atoms with van der Waals surface area (Å²) in [4.78, 5) is 19.4. The fourth-order valence-electron chi connectivity index (χ4n) is 5.37. The lowest BCUT2D eigenvalue weighted by Gasteiger charge is -2.40. The first-order chi connectivity index (χ1) is 14.5. The molecule has 3 atom stereocenters. The van der Waals surface area contributed by atoms with Crippen LogP contribution in [0, 0.1) is 11.7 Å². The van der Waals surface area contributed by atoms with Crippen molar-refractivity contribution in [3.8, 4) is 0 Å². The Hall–Kier alpha value is -2.90. The Bertz CT molecular complexity index is 1160. The largest absolute Gasteiger partial charge is 0.375 e. The summed E-state index contributed by atoms with van der Waals surface area (Å²) in [6.07, 6.45) is 2.70. The lowest BCUT2D eigenvalue weighted by molar-refractivity contribution is 0.0207. The first-order valence-corrected chi connectivity index (χ1v) is 10.3. The van der Waals surface area contributed by atoms with E-state index in [1.807, 2.05) is 24.3 Å². The van der Waals surface area contributed by atoms with E-state index in [0.717, 1.165) is 30.3 Å². The number of benzene rings is 2. The number of carbonyl (C=O) groups excluding carboxylic acids is 1. The summed E-state index contributed by atoms with van der Waals surface area (Å²) < 4.78 is 15.4. The van der Waals surface area contributed by atoms with Gasteiger partial charge < -0.3 is 20.7 Å². The van der Waals surface area contributed by atoms with Gasteiger partial charge in [0, 0.05) is 42.0 Å². The standard InChI is InChI=1S/C23H25FN4O2/c1-2-19(29)28-10-7-13-12-27(9-8-18(13)28)22-16(24)11-15(23(25)30)21-20(22)14-5-3-4-6-17(14)26-21/h2-6,11,13,18-19,26,29H,1,7-10,12H2,(H2,25,30). The molecule has 2 aliphatic heterocycles. The van der Waals surface area contributed by atoms with Gasteiger partial charge in [-0.2, -0.15) is 0 Å². The molecular formula is C23H25FN4O2. The predicted octanol–water partition coefficient (Wildman–Crippen LogP) is 2.96. The molecule has 2 aliphatic rings. The highest BCUT2D eigenvalue weighted by molar-refractivity contribution is 6.19. The van der Waals surface area contributed by atoms with Crippen molar-refractivity contribution in [2.24, 2.45) is 11.7 Å². The summed E-state index contributed by atoms with van der Waals surface area (Å²) >= 11 is 0. The molecule has 0 aliphatic carbocycles. The molecule has 5 rings (SSSR count). The summed E-state index contributed by atoms with van der Waals surface area (Å²) in [5, 5.41) is 11.8. The van der Waals surface area contributed by atoms with E-state index in [1.165, 1.54) is 6.07 Å². The van der Waals surface area contributed by atoms with E-state index in [4.69, 9.17) is 5.73 Å². The number of aromatic amines is 1. The molecule has 4 N–H and O–H groups in total. The molecule has 7 heteroatoms. The summed E-state index contributed by atoms with van der Waals surface area (Å²) in [5.41, 5.74) is 7.66. The molecule has 2 saturated heterocycles. The first-order valence-electron chi connectivity index (χ1n) is 10.3. The van der Waals surface area contributed by atoms with E-state index in [-0.39, 0.29) is 11.6 Å². The number of piperidine rings is 1. The number of rotatable bonds is 4. The molecule has 0 radical (unpaired) electrons. The Labute approximate surface area is 173 Å².